The average molecular weight is 318 g/mol. The van der Waals surface area contributed by atoms with Crippen LogP contribution in [0, 0.1) is 13.8 Å². The molecule has 1 amide bonds. The Balaban J connectivity index is 1.81. The number of aryl methyl sites for hydroxylation is 2. The highest BCUT2D eigenvalue weighted by Gasteiger charge is 2.02. The van der Waals surface area contributed by atoms with E-state index in [2.05, 4.69) is 10.3 Å². The maximum atomic E-state index is 12.1. The fourth-order valence-electron chi connectivity index (χ4n) is 2.68. The summed E-state index contributed by atoms with van der Waals surface area (Å²) >= 11 is 0. The maximum absolute atomic E-state index is 12.1. The SMILES string of the molecule is Cc1cc(C)cc(NC(=O)/C=C/c2cc3ccccc3[nH]c2=O)c1. The van der Waals surface area contributed by atoms with E-state index < -0.39 is 0 Å². The Morgan fingerprint density at radius 2 is 1.75 bits per heavy atom. The Morgan fingerprint density at radius 3 is 2.50 bits per heavy atom. The fourth-order valence-corrected chi connectivity index (χ4v) is 2.68. The lowest BCUT2D eigenvalue weighted by Gasteiger charge is -2.05. The molecule has 0 radical (unpaired) electrons. The summed E-state index contributed by atoms with van der Waals surface area (Å²) in [6.07, 6.45) is 2.90. The molecule has 1 aromatic heterocycles. The minimum atomic E-state index is -0.271. The van der Waals surface area contributed by atoms with Crippen LogP contribution in [0.3, 0.4) is 0 Å². The van der Waals surface area contributed by atoms with Gasteiger partial charge in [0, 0.05) is 22.8 Å². The molecule has 0 aliphatic rings. The van der Waals surface area contributed by atoms with Crippen LogP contribution in [0.25, 0.3) is 17.0 Å². The molecule has 2 N–H and O–H groups in total. The normalized spacial score (nSPS) is 11.1. The van der Waals surface area contributed by atoms with Crippen LogP contribution in [-0.4, -0.2) is 10.9 Å². The minimum absolute atomic E-state index is 0.218. The van der Waals surface area contributed by atoms with E-state index in [1.807, 2.05) is 56.3 Å². The molecule has 0 bridgehead atoms. The Kier molecular flexibility index (Phi) is 4.29. The molecular formula is C20H18N2O2. The van der Waals surface area contributed by atoms with Gasteiger partial charge in [0.05, 0.1) is 0 Å². The Hall–Kier alpha value is -3.14. The highest BCUT2D eigenvalue weighted by Crippen LogP contribution is 2.14. The number of nitrogens with one attached hydrogen (secondary N) is 2. The molecule has 0 unspecified atom stereocenters. The van der Waals surface area contributed by atoms with Gasteiger partial charge in [-0.15, -0.1) is 0 Å². The number of H-pyrrole nitrogens is 1. The van der Waals surface area contributed by atoms with Crippen molar-refractivity contribution >= 4 is 28.6 Å². The highest BCUT2D eigenvalue weighted by atomic mass is 16.1. The number of pyridine rings is 1. The van der Waals surface area contributed by atoms with Crippen molar-refractivity contribution in [2.24, 2.45) is 0 Å². The summed E-state index contributed by atoms with van der Waals surface area (Å²) in [4.78, 5) is 26.9. The molecular weight excluding hydrogens is 300 g/mol. The van der Waals surface area contributed by atoms with E-state index in [9.17, 15) is 9.59 Å². The van der Waals surface area contributed by atoms with Crippen LogP contribution in [0.4, 0.5) is 5.69 Å². The van der Waals surface area contributed by atoms with Gasteiger partial charge in [-0.05, 0) is 60.7 Å². The number of rotatable bonds is 3. The van der Waals surface area contributed by atoms with E-state index in [1.54, 1.807) is 6.07 Å². The van der Waals surface area contributed by atoms with Gasteiger partial charge in [-0.3, -0.25) is 9.59 Å². The number of anilines is 1. The van der Waals surface area contributed by atoms with Gasteiger partial charge in [0.25, 0.3) is 5.56 Å². The number of amides is 1. The van der Waals surface area contributed by atoms with Gasteiger partial charge in [0.1, 0.15) is 0 Å². The van der Waals surface area contributed by atoms with Gasteiger partial charge in [0.15, 0.2) is 0 Å². The number of carbonyl (C=O) groups is 1. The predicted octanol–water partition coefficient (Wildman–Crippen LogP) is 3.80. The van der Waals surface area contributed by atoms with E-state index in [0.717, 1.165) is 27.7 Å². The third-order valence-electron chi connectivity index (χ3n) is 3.69. The van der Waals surface area contributed by atoms with Gasteiger partial charge in [0.2, 0.25) is 5.91 Å². The van der Waals surface area contributed by atoms with Gasteiger partial charge >= 0.3 is 0 Å². The predicted molar refractivity (Wildman–Crippen MR) is 98.1 cm³/mol. The molecule has 0 fully saturated rings. The van der Waals surface area contributed by atoms with Crippen molar-refractivity contribution in [3.63, 3.8) is 0 Å². The zero-order valence-electron chi connectivity index (χ0n) is 13.6. The molecule has 120 valence electrons. The third kappa shape index (κ3) is 3.60. The summed E-state index contributed by atoms with van der Waals surface area (Å²) in [6.45, 7) is 3.96. The largest absolute Gasteiger partial charge is 0.322 e. The smallest absolute Gasteiger partial charge is 0.255 e. The second-order valence-electron chi connectivity index (χ2n) is 5.84. The van der Waals surface area contributed by atoms with E-state index in [-0.39, 0.29) is 11.5 Å². The standard InChI is InChI=1S/C20H18N2O2/c1-13-9-14(2)11-17(10-13)21-19(23)8-7-16-12-15-5-3-4-6-18(15)22-20(16)24/h3-12H,1-2H3,(H,21,23)(H,22,24)/b8-7+. The van der Waals surface area contributed by atoms with Crippen molar-refractivity contribution in [3.8, 4) is 0 Å². The number of carbonyl (C=O) groups excluding carboxylic acids is 1. The minimum Gasteiger partial charge on any atom is -0.322 e. The lowest BCUT2D eigenvalue weighted by molar-refractivity contribution is -0.111. The molecule has 0 spiro atoms. The van der Waals surface area contributed by atoms with Crippen LogP contribution in [0.2, 0.25) is 0 Å². The van der Waals surface area contributed by atoms with E-state index in [4.69, 9.17) is 0 Å². The lowest BCUT2D eigenvalue weighted by atomic mass is 10.1. The molecule has 0 saturated heterocycles. The van der Waals surface area contributed by atoms with Crippen molar-refractivity contribution in [3.05, 3.63) is 81.7 Å². The van der Waals surface area contributed by atoms with Crippen LogP contribution in [0.15, 0.2) is 59.4 Å². The van der Waals surface area contributed by atoms with Crippen LogP contribution in [0.1, 0.15) is 16.7 Å². The highest BCUT2D eigenvalue weighted by molar-refractivity contribution is 6.02. The average Bonchev–Trinajstić information content (AvgIpc) is 2.52. The van der Waals surface area contributed by atoms with Crippen molar-refractivity contribution < 1.29 is 4.79 Å². The van der Waals surface area contributed by atoms with Crippen LogP contribution >= 0.6 is 0 Å². The number of aromatic amines is 1. The van der Waals surface area contributed by atoms with Gasteiger partial charge in [-0.2, -0.15) is 0 Å². The molecule has 0 aliphatic carbocycles. The summed E-state index contributed by atoms with van der Waals surface area (Å²) in [5.41, 5.74) is 3.92. The monoisotopic (exact) mass is 318 g/mol. The van der Waals surface area contributed by atoms with Gasteiger partial charge in [-0.25, -0.2) is 0 Å². The second kappa shape index (κ2) is 6.54. The van der Waals surface area contributed by atoms with Crippen molar-refractivity contribution in [1.29, 1.82) is 0 Å². The van der Waals surface area contributed by atoms with E-state index in [0.29, 0.717) is 5.56 Å². The molecule has 4 nitrogen and oxygen atoms in total. The van der Waals surface area contributed by atoms with Crippen LogP contribution < -0.4 is 10.9 Å². The Morgan fingerprint density at radius 1 is 1.04 bits per heavy atom. The number of aromatic nitrogens is 1. The first kappa shape index (κ1) is 15.7. The first-order valence-electron chi connectivity index (χ1n) is 7.71. The topological polar surface area (TPSA) is 62.0 Å². The van der Waals surface area contributed by atoms with E-state index >= 15 is 0 Å². The molecule has 3 aromatic rings. The lowest BCUT2D eigenvalue weighted by Crippen LogP contribution is -2.11. The zero-order chi connectivity index (χ0) is 17.1. The molecule has 24 heavy (non-hydrogen) atoms. The summed E-state index contributed by atoms with van der Waals surface area (Å²) in [6, 6.07) is 15.2. The first-order valence-corrected chi connectivity index (χ1v) is 7.71. The molecule has 3 rings (SSSR count). The molecule has 0 aliphatic heterocycles. The second-order valence-corrected chi connectivity index (χ2v) is 5.84. The number of fused-ring (bicyclic) bond motifs is 1. The van der Waals surface area contributed by atoms with Crippen molar-refractivity contribution in [2.75, 3.05) is 5.32 Å². The van der Waals surface area contributed by atoms with Crippen molar-refractivity contribution in [2.45, 2.75) is 13.8 Å². The molecule has 0 atom stereocenters. The van der Waals surface area contributed by atoms with Crippen LogP contribution in [0.5, 0.6) is 0 Å². The molecule has 1 heterocycles. The summed E-state index contributed by atoms with van der Waals surface area (Å²) in [5.74, 6) is -0.271. The zero-order valence-corrected chi connectivity index (χ0v) is 13.6. The number of hydrogen-bond donors (Lipinski definition) is 2. The third-order valence-corrected chi connectivity index (χ3v) is 3.69. The summed E-state index contributed by atoms with van der Waals surface area (Å²) in [5, 5.41) is 3.74. The molecule has 4 heteroatoms. The molecule has 0 saturated carbocycles. The van der Waals surface area contributed by atoms with Gasteiger partial charge in [-0.1, -0.05) is 24.3 Å². The Labute approximate surface area is 139 Å². The van der Waals surface area contributed by atoms with Gasteiger partial charge < -0.3 is 10.3 Å². The number of benzene rings is 2. The molecule has 2 aromatic carbocycles. The Bertz CT molecular complexity index is 980. The number of hydrogen-bond acceptors (Lipinski definition) is 2. The summed E-state index contributed by atoms with van der Waals surface area (Å²) < 4.78 is 0. The number of para-hydroxylation sites is 1. The first-order chi connectivity index (χ1) is 11.5. The summed E-state index contributed by atoms with van der Waals surface area (Å²) in [7, 11) is 0. The van der Waals surface area contributed by atoms with Crippen LogP contribution in [-0.2, 0) is 4.79 Å². The van der Waals surface area contributed by atoms with E-state index in [1.165, 1.54) is 12.2 Å². The van der Waals surface area contributed by atoms with Crippen molar-refractivity contribution in [1.82, 2.24) is 4.98 Å². The maximum Gasteiger partial charge on any atom is 0.255 e. The quantitative estimate of drug-likeness (QED) is 0.722. The fraction of sp³-hybridized carbons (Fsp3) is 0.100.